The van der Waals surface area contributed by atoms with Crippen LogP contribution in [0.5, 0.6) is 11.5 Å². The molecular weight excluding hydrogens is 310 g/mol. The van der Waals surface area contributed by atoms with Crippen molar-refractivity contribution in [3.63, 3.8) is 0 Å². The maximum Gasteiger partial charge on any atom is 0.329 e. The molecule has 7 heteroatoms. The molecule has 0 amide bonds. The van der Waals surface area contributed by atoms with Crippen LogP contribution in [0.1, 0.15) is 13.3 Å². The number of aryl methyl sites for hydroxylation is 1. The molecule has 0 saturated carbocycles. The van der Waals surface area contributed by atoms with Crippen LogP contribution in [0.2, 0.25) is 0 Å². The molecule has 1 aliphatic heterocycles. The highest BCUT2D eigenvalue weighted by molar-refractivity contribution is 5.92. The van der Waals surface area contributed by atoms with Crippen LogP contribution in [0.4, 0.5) is 0 Å². The zero-order valence-corrected chi connectivity index (χ0v) is 13.0. The number of H-pyrrole nitrogens is 1. The Morgan fingerprint density at radius 1 is 1.21 bits per heavy atom. The minimum atomic E-state index is -0.442. The minimum Gasteiger partial charge on any atom is -0.454 e. The number of nitrogens with zero attached hydrogens (tertiary/aromatic N) is 2. The molecule has 3 aromatic rings. The van der Waals surface area contributed by atoms with Crippen LogP contribution in [0, 0.1) is 0 Å². The van der Waals surface area contributed by atoms with Gasteiger partial charge < -0.3 is 9.47 Å². The van der Waals surface area contributed by atoms with Gasteiger partial charge in [0.1, 0.15) is 5.65 Å². The van der Waals surface area contributed by atoms with Crippen molar-refractivity contribution in [3.8, 4) is 22.6 Å². The van der Waals surface area contributed by atoms with E-state index in [0.29, 0.717) is 34.6 Å². The lowest BCUT2D eigenvalue weighted by Crippen LogP contribution is -2.31. The van der Waals surface area contributed by atoms with Crippen molar-refractivity contribution in [2.75, 3.05) is 6.79 Å². The van der Waals surface area contributed by atoms with E-state index in [1.165, 1.54) is 4.57 Å². The number of hydrogen-bond acceptors (Lipinski definition) is 5. The molecule has 0 unspecified atom stereocenters. The molecule has 0 aliphatic carbocycles. The number of pyridine rings is 1. The van der Waals surface area contributed by atoms with E-state index in [1.807, 2.05) is 19.1 Å². The van der Waals surface area contributed by atoms with Gasteiger partial charge in [-0.05, 0) is 35.7 Å². The molecule has 0 atom stereocenters. The molecule has 1 aliphatic rings. The van der Waals surface area contributed by atoms with Gasteiger partial charge in [-0.1, -0.05) is 13.0 Å². The van der Waals surface area contributed by atoms with Gasteiger partial charge in [-0.2, -0.15) is 0 Å². The van der Waals surface area contributed by atoms with Crippen LogP contribution in [0.15, 0.2) is 40.1 Å². The summed E-state index contributed by atoms with van der Waals surface area (Å²) in [6.45, 7) is 2.64. The van der Waals surface area contributed by atoms with E-state index in [2.05, 4.69) is 9.97 Å². The molecule has 3 heterocycles. The summed E-state index contributed by atoms with van der Waals surface area (Å²) in [6.07, 6.45) is 2.37. The van der Waals surface area contributed by atoms with Gasteiger partial charge >= 0.3 is 5.69 Å². The van der Waals surface area contributed by atoms with E-state index >= 15 is 0 Å². The first-order valence-corrected chi connectivity index (χ1v) is 7.71. The smallest absolute Gasteiger partial charge is 0.329 e. The van der Waals surface area contributed by atoms with E-state index in [0.717, 1.165) is 12.0 Å². The van der Waals surface area contributed by atoms with Crippen molar-refractivity contribution in [3.05, 3.63) is 51.3 Å². The molecule has 0 bridgehead atoms. The molecule has 1 N–H and O–H groups in total. The molecule has 0 fully saturated rings. The van der Waals surface area contributed by atoms with E-state index in [4.69, 9.17) is 9.47 Å². The van der Waals surface area contributed by atoms with Crippen LogP contribution in [-0.4, -0.2) is 21.3 Å². The van der Waals surface area contributed by atoms with Gasteiger partial charge in [0.15, 0.2) is 11.5 Å². The molecule has 0 spiro atoms. The second kappa shape index (κ2) is 5.52. The number of aromatic amines is 1. The van der Waals surface area contributed by atoms with E-state index in [1.54, 1.807) is 18.3 Å². The van der Waals surface area contributed by atoms with Crippen molar-refractivity contribution in [2.45, 2.75) is 19.9 Å². The second-order valence-corrected chi connectivity index (χ2v) is 5.54. The maximum absolute atomic E-state index is 12.4. The lowest BCUT2D eigenvalue weighted by molar-refractivity contribution is 0.174. The molecular formula is C17H15N3O4. The van der Waals surface area contributed by atoms with Crippen LogP contribution in [0.25, 0.3) is 22.2 Å². The largest absolute Gasteiger partial charge is 0.454 e. The SMILES string of the molecule is CCCn1c(=O)[nH]c(=O)c2c(-c3ccc4c(c3)OCO4)ccnc21. The van der Waals surface area contributed by atoms with Gasteiger partial charge in [-0.25, -0.2) is 9.78 Å². The molecule has 0 saturated heterocycles. The van der Waals surface area contributed by atoms with Crippen molar-refractivity contribution < 1.29 is 9.47 Å². The Morgan fingerprint density at radius 2 is 2.04 bits per heavy atom. The number of aromatic nitrogens is 3. The van der Waals surface area contributed by atoms with Crippen molar-refractivity contribution in [2.24, 2.45) is 0 Å². The Kier molecular flexibility index (Phi) is 3.34. The Bertz CT molecular complexity index is 1050. The summed E-state index contributed by atoms with van der Waals surface area (Å²) in [6, 6.07) is 7.25. The van der Waals surface area contributed by atoms with E-state index in [9.17, 15) is 9.59 Å². The van der Waals surface area contributed by atoms with Gasteiger partial charge in [0.2, 0.25) is 6.79 Å². The number of hydrogen-bond donors (Lipinski definition) is 1. The maximum atomic E-state index is 12.4. The van der Waals surface area contributed by atoms with Crippen LogP contribution >= 0.6 is 0 Å². The number of nitrogens with one attached hydrogen (secondary N) is 1. The molecule has 0 radical (unpaired) electrons. The third kappa shape index (κ3) is 2.17. The molecule has 7 nitrogen and oxygen atoms in total. The first-order chi connectivity index (χ1) is 11.7. The number of fused-ring (bicyclic) bond motifs is 2. The molecule has 2 aromatic heterocycles. The summed E-state index contributed by atoms with van der Waals surface area (Å²) >= 11 is 0. The van der Waals surface area contributed by atoms with Crippen LogP contribution in [-0.2, 0) is 6.54 Å². The van der Waals surface area contributed by atoms with Gasteiger partial charge in [-0.15, -0.1) is 0 Å². The molecule has 122 valence electrons. The lowest BCUT2D eigenvalue weighted by Gasteiger charge is -2.10. The Morgan fingerprint density at radius 3 is 2.88 bits per heavy atom. The third-order valence-electron chi connectivity index (χ3n) is 4.01. The summed E-state index contributed by atoms with van der Waals surface area (Å²) < 4.78 is 12.2. The highest BCUT2D eigenvalue weighted by Gasteiger charge is 2.17. The standard InChI is InChI=1S/C17H15N3O4/c1-2-7-20-15-14(16(21)19-17(20)22)11(5-6-18-15)10-3-4-12-13(8-10)24-9-23-12/h3-6,8H,2,7,9H2,1H3,(H,19,21,22). The highest BCUT2D eigenvalue weighted by atomic mass is 16.7. The summed E-state index contributed by atoms with van der Waals surface area (Å²) in [5.41, 5.74) is 1.01. The fourth-order valence-corrected chi connectivity index (χ4v) is 2.94. The summed E-state index contributed by atoms with van der Waals surface area (Å²) in [5.74, 6) is 1.31. The predicted molar refractivity (Wildman–Crippen MR) is 88.5 cm³/mol. The quantitative estimate of drug-likeness (QED) is 0.795. The lowest BCUT2D eigenvalue weighted by atomic mass is 10.0. The summed E-state index contributed by atoms with van der Waals surface area (Å²) in [7, 11) is 0. The second-order valence-electron chi connectivity index (χ2n) is 5.54. The molecule has 4 rings (SSSR count). The zero-order valence-electron chi connectivity index (χ0n) is 13.0. The van der Waals surface area contributed by atoms with Crippen molar-refractivity contribution >= 4 is 11.0 Å². The highest BCUT2D eigenvalue weighted by Crippen LogP contribution is 2.36. The number of benzene rings is 1. The van der Waals surface area contributed by atoms with Gasteiger partial charge in [0.05, 0.1) is 5.39 Å². The summed E-state index contributed by atoms with van der Waals surface area (Å²) in [4.78, 5) is 31.1. The average molecular weight is 325 g/mol. The predicted octanol–water partition coefficient (Wildman–Crippen LogP) is 1.89. The zero-order chi connectivity index (χ0) is 16.7. The number of ether oxygens (including phenoxy) is 2. The van der Waals surface area contributed by atoms with Crippen LogP contribution < -0.4 is 20.7 Å². The molecule has 1 aromatic carbocycles. The first-order valence-electron chi connectivity index (χ1n) is 7.71. The normalized spacial score (nSPS) is 12.7. The average Bonchev–Trinajstić information content (AvgIpc) is 3.05. The monoisotopic (exact) mass is 325 g/mol. The third-order valence-corrected chi connectivity index (χ3v) is 4.01. The fourth-order valence-electron chi connectivity index (χ4n) is 2.94. The van der Waals surface area contributed by atoms with Gasteiger partial charge in [0.25, 0.3) is 5.56 Å². The van der Waals surface area contributed by atoms with Crippen molar-refractivity contribution in [1.82, 2.24) is 14.5 Å². The topological polar surface area (TPSA) is 86.2 Å². The van der Waals surface area contributed by atoms with Crippen molar-refractivity contribution in [1.29, 1.82) is 0 Å². The van der Waals surface area contributed by atoms with Gasteiger partial charge in [-0.3, -0.25) is 14.3 Å². The Balaban J connectivity index is 2.02. The Hall–Kier alpha value is -3.09. The fraction of sp³-hybridized carbons (Fsp3) is 0.235. The first kappa shape index (κ1) is 14.5. The number of rotatable bonds is 3. The molecule has 24 heavy (non-hydrogen) atoms. The van der Waals surface area contributed by atoms with E-state index < -0.39 is 11.2 Å². The van der Waals surface area contributed by atoms with E-state index in [-0.39, 0.29) is 6.79 Å². The minimum absolute atomic E-state index is 0.187. The van der Waals surface area contributed by atoms with Gasteiger partial charge in [0, 0.05) is 12.7 Å². The van der Waals surface area contributed by atoms with Crippen LogP contribution in [0.3, 0.4) is 0 Å². The summed E-state index contributed by atoms with van der Waals surface area (Å²) in [5, 5.41) is 0.393. The Labute approximate surface area is 136 Å².